The summed E-state index contributed by atoms with van der Waals surface area (Å²) in [5, 5.41) is 4.44. The highest BCUT2D eigenvalue weighted by Gasteiger charge is 2.17. The Balaban J connectivity index is 1.48. The van der Waals surface area contributed by atoms with E-state index in [0.29, 0.717) is 45.6 Å². The van der Waals surface area contributed by atoms with Gasteiger partial charge in [-0.05, 0) is 49.4 Å². The number of rotatable bonds is 6. The molecule has 0 atom stereocenters. The Hall–Kier alpha value is -4.40. The van der Waals surface area contributed by atoms with E-state index in [1.165, 1.54) is 16.6 Å². The van der Waals surface area contributed by atoms with E-state index in [9.17, 15) is 9.18 Å². The molecule has 9 heteroatoms. The van der Waals surface area contributed by atoms with Gasteiger partial charge in [0.15, 0.2) is 0 Å². The summed E-state index contributed by atoms with van der Waals surface area (Å²) in [5.74, 6) is 1.89. The highest BCUT2D eigenvalue weighted by Crippen LogP contribution is 2.33. The number of hydrogen-bond donors (Lipinski definition) is 0. The summed E-state index contributed by atoms with van der Waals surface area (Å²) >= 11 is 0. The lowest BCUT2D eigenvalue weighted by Gasteiger charge is -2.07. The Kier molecular flexibility index (Phi) is 5.37. The zero-order valence-electron chi connectivity index (χ0n) is 18.8. The number of fused-ring (bicyclic) bond motifs is 1. The molecule has 0 spiro atoms. The zero-order chi connectivity index (χ0) is 23.8. The molecule has 8 nitrogen and oxygen atoms in total. The molecule has 3 aromatic heterocycles. The molecule has 0 aliphatic heterocycles. The van der Waals surface area contributed by atoms with Crippen LogP contribution in [0.3, 0.4) is 0 Å². The van der Waals surface area contributed by atoms with Gasteiger partial charge in [0.05, 0.1) is 32.0 Å². The number of ether oxygens (including phenoxy) is 2. The van der Waals surface area contributed by atoms with Gasteiger partial charge in [0.2, 0.25) is 5.89 Å². The number of nitrogens with zero attached hydrogens (tertiary/aromatic N) is 4. The Morgan fingerprint density at radius 2 is 1.82 bits per heavy atom. The van der Waals surface area contributed by atoms with E-state index in [1.54, 1.807) is 68.4 Å². The first-order valence-corrected chi connectivity index (χ1v) is 10.5. The SMILES string of the molecule is COc1ccc(-c2nc(Cn3ccn4nc(-c5ccc(F)cc5)cc4c3=O)c(C)o2)c(OC)c1. The van der Waals surface area contributed by atoms with Crippen molar-refractivity contribution >= 4 is 5.52 Å². The maximum atomic E-state index is 13.2. The largest absolute Gasteiger partial charge is 0.497 e. The van der Waals surface area contributed by atoms with E-state index in [-0.39, 0.29) is 17.9 Å². The van der Waals surface area contributed by atoms with Crippen molar-refractivity contribution in [2.75, 3.05) is 14.2 Å². The van der Waals surface area contributed by atoms with Crippen LogP contribution in [0, 0.1) is 12.7 Å². The van der Waals surface area contributed by atoms with Crippen LogP contribution in [-0.2, 0) is 6.54 Å². The Labute approximate surface area is 193 Å². The molecular weight excluding hydrogens is 439 g/mol. The average molecular weight is 460 g/mol. The molecule has 0 saturated carbocycles. The summed E-state index contributed by atoms with van der Waals surface area (Å²) in [6, 6.07) is 13.0. The first-order chi connectivity index (χ1) is 16.5. The minimum atomic E-state index is -0.329. The van der Waals surface area contributed by atoms with Gasteiger partial charge >= 0.3 is 0 Å². The van der Waals surface area contributed by atoms with Gasteiger partial charge in [-0.2, -0.15) is 5.10 Å². The number of halogens is 1. The molecule has 172 valence electrons. The van der Waals surface area contributed by atoms with E-state index >= 15 is 0 Å². The van der Waals surface area contributed by atoms with Gasteiger partial charge in [-0.3, -0.25) is 4.79 Å². The van der Waals surface area contributed by atoms with E-state index in [4.69, 9.17) is 13.9 Å². The second-order valence-corrected chi connectivity index (χ2v) is 7.69. The van der Waals surface area contributed by atoms with Crippen LogP contribution in [0.2, 0.25) is 0 Å². The summed E-state index contributed by atoms with van der Waals surface area (Å²) < 4.78 is 32.9. The van der Waals surface area contributed by atoms with Gasteiger partial charge in [0, 0.05) is 24.0 Å². The van der Waals surface area contributed by atoms with Gasteiger partial charge in [0.25, 0.3) is 5.56 Å². The third-order valence-corrected chi connectivity index (χ3v) is 5.60. The highest BCUT2D eigenvalue weighted by atomic mass is 19.1. The van der Waals surface area contributed by atoms with Gasteiger partial charge < -0.3 is 18.5 Å². The summed E-state index contributed by atoms with van der Waals surface area (Å²) in [5.41, 5.74) is 2.79. The van der Waals surface area contributed by atoms with E-state index in [2.05, 4.69) is 10.1 Å². The number of hydrogen-bond acceptors (Lipinski definition) is 6. The van der Waals surface area contributed by atoms with Crippen LogP contribution in [-0.4, -0.2) is 33.4 Å². The lowest BCUT2D eigenvalue weighted by Crippen LogP contribution is -2.22. The Morgan fingerprint density at radius 1 is 1.03 bits per heavy atom. The smallest absolute Gasteiger partial charge is 0.276 e. The van der Waals surface area contributed by atoms with Crippen LogP contribution in [0.4, 0.5) is 4.39 Å². The first-order valence-electron chi connectivity index (χ1n) is 10.5. The molecule has 0 aliphatic rings. The second kappa shape index (κ2) is 8.51. The van der Waals surface area contributed by atoms with Gasteiger partial charge in [-0.15, -0.1) is 0 Å². The van der Waals surface area contributed by atoms with Gasteiger partial charge in [0.1, 0.15) is 34.3 Å². The maximum absolute atomic E-state index is 13.2. The quantitative estimate of drug-likeness (QED) is 0.375. The fourth-order valence-electron chi connectivity index (χ4n) is 3.74. The molecule has 5 aromatic rings. The number of oxazole rings is 1. The third kappa shape index (κ3) is 3.81. The number of benzene rings is 2. The van der Waals surface area contributed by atoms with Crippen molar-refractivity contribution in [3.8, 4) is 34.2 Å². The molecule has 0 fully saturated rings. The van der Waals surface area contributed by atoms with Crippen molar-refractivity contribution in [1.29, 1.82) is 0 Å². The van der Waals surface area contributed by atoms with Crippen LogP contribution in [0.25, 0.3) is 28.2 Å². The molecule has 0 saturated heterocycles. The second-order valence-electron chi connectivity index (χ2n) is 7.69. The maximum Gasteiger partial charge on any atom is 0.276 e. The minimum absolute atomic E-state index is 0.222. The monoisotopic (exact) mass is 460 g/mol. The van der Waals surface area contributed by atoms with Crippen molar-refractivity contribution < 1.29 is 18.3 Å². The molecule has 2 aromatic carbocycles. The molecule has 5 rings (SSSR count). The average Bonchev–Trinajstić information content (AvgIpc) is 3.45. The first kappa shape index (κ1) is 21.4. The number of aryl methyl sites for hydroxylation is 1. The normalized spacial score (nSPS) is 11.2. The predicted molar refractivity (Wildman–Crippen MR) is 124 cm³/mol. The van der Waals surface area contributed by atoms with Crippen LogP contribution < -0.4 is 15.0 Å². The van der Waals surface area contributed by atoms with Crippen LogP contribution >= 0.6 is 0 Å². The topological polar surface area (TPSA) is 83.8 Å². The summed E-state index contributed by atoms with van der Waals surface area (Å²) in [6.45, 7) is 2.02. The molecule has 0 aliphatic carbocycles. The third-order valence-electron chi connectivity index (χ3n) is 5.60. The van der Waals surface area contributed by atoms with Gasteiger partial charge in [-0.25, -0.2) is 13.9 Å². The lowest BCUT2D eigenvalue weighted by atomic mass is 10.1. The molecule has 3 heterocycles. The standard InChI is InChI=1S/C25H21FN4O4/c1-15-21(27-24(34-15)19-9-8-18(32-2)12-23(19)33-3)14-29-10-11-30-22(25(29)31)13-20(28-30)16-4-6-17(26)7-5-16/h4-13H,14H2,1-3H3. The van der Waals surface area contributed by atoms with E-state index < -0.39 is 0 Å². The molecule has 0 bridgehead atoms. The molecule has 0 amide bonds. The van der Waals surface area contributed by atoms with Crippen LogP contribution in [0.5, 0.6) is 11.5 Å². The van der Waals surface area contributed by atoms with Crippen molar-refractivity contribution in [1.82, 2.24) is 19.2 Å². The van der Waals surface area contributed by atoms with Crippen molar-refractivity contribution in [3.63, 3.8) is 0 Å². The fourth-order valence-corrected chi connectivity index (χ4v) is 3.74. The molecule has 0 unspecified atom stereocenters. The van der Waals surface area contributed by atoms with Crippen molar-refractivity contribution in [2.45, 2.75) is 13.5 Å². The van der Waals surface area contributed by atoms with Gasteiger partial charge in [-0.1, -0.05) is 0 Å². The van der Waals surface area contributed by atoms with Crippen molar-refractivity contribution in [3.05, 3.63) is 88.5 Å². The summed E-state index contributed by atoms with van der Waals surface area (Å²) in [6.07, 6.45) is 3.35. The molecular formula is C25H21FN4O4. The lowest BCUT2D eigenvalue weighted by molar-refractivity contribution is 0.394. The van der Waals surface area contributed by atoms with Crippen LogP contribution in [0.1, 0.15) is 11.5 Å². The molecule has 0 N–H and O–H groups in total. The fraction of sp³-hybridized carbons (Fsp3) is 0.160. The van der Waals surface area contributed by atoms with E-state index in [0.717, 1.165) is 5.56 Å². The summed E-state index contributed by atoms with van der Waals surface area (Å²) in [7, 11) is 3.15. The minimum Gasteiger partial charge on any atom is -0.497 e. The number of aromatic nitrogens is 4. The van der Waals surface area contributed by atoms with Crippen molar-refractivity contribution in [2.24, 2.45) is 0 Å². The summed E-state index contributed by atoms with van der Waals surface area (Å²) in [4.78, 5) is 17.8. The predicted octanol–water partition coefficient (Wildman–Crippen LogP) is 4.33. The highest BCUT2D eigenvalue weighted by molar-refractivity contribution is 5.66. The van der Waals surface area contributed by atoms with E-state index in [1.807, 2.05) is 6.07 Å². The molecule has 34 heavy (non-hydrogen) atoms. The zero-order valence-corrected chi connectivity index (χ0v) is 18.8. The number of methoxy groups -OCH3 is 2. The van der Waals surface area contributed by atoms with Crippen LogP contribution in [0.15, 0.2) is 70.1 Å². The Bertz CT molecular complexity index is 1550. The Morgan fingerprint density at radius 3 is 2.56 bits per heavy atom. The molecule has 0 radical (unpaired) electrons.